The predicted molar refractivity (Wildman–Crippen MR) is 59.1 cm³/mol. The molecule has 0 fully saturated rings. The lowest BCUT2D eigenvalue weighted by atomic mass is 10.2. The van der Waals surface area contributed by atoms with Crippen LogP contribution in [0.1, 0.15) is 5.56 Å². The molecule has 1 aliphatic rings. The van der Waals surface area contributed by atoms with Gasteiger partial charge in [-0.05, 0) is 9.45 Å². The lowest BCUT2D eigenvalue weighted by Gasteiger charge is -1.98. The highest BCUT2D eigenvalue weighted by Crippen LogP contribution is 2.11. The summed E-state index contributed by atoms with van der Waals surface area (Å²) in [5.41, 5.74) is 0.705. The minimum atomic E-state index is -2.27. The van der Waals surface area contributed by atoms with E-state index in [-0.39, 0.29) is 11.7 Å². The van der Waals surface area contributed by atoms with Gasteiger partial charge in [0, 0.05) is 5.56 Å². The number of benzene rings is 1. The maximum Gasteiger partial charge on any atom is 0.257 e. The van der Waals surface area contributed by atoms with Gasteiger partial charge in [-0.2, -0.15) is 8.42 Å². The van der Waals surface area contributed by atoms with E-state index in [1.807, 2.05) is 6.07 Å². The zero-order valence-electron chi connectivity index (χ0n) is 7.58. The number of hydrogen-bond donors (Lipinski definition) is 0. The van der Waals surface area contributed by atoms with Gasteiger partial charge in [-0.3, -0.25) is 4.79 Å². The first-order valence-electron chi connectivity index (χ1n) is 4.16. The third-order valence-electron chi connectivity index (χ3n) is 1.88. The summed E-state index contributed by atoms with van der Waals surface area (Å²) in [6, 6.07) is 8.91. The Hall–Kier alpha value is -1.27. The standard InChI is InChI=1S/C9H7NO3S2/c11-8-6-14(15(12)13)9(10-8)7-4-2-1-3-5-7/h1-5H,6H2. The summed E-state index contributed by atoms with van der Waals surface area (Å²) in [5, 5.41) is 0.383. The Bertz CT molecular complexity index is 565. The van der Waals surface area contributed by atoms with Gasteiger partial charge >= 0.3 is 0 Å². The first-order chi connectivity index (χ1) is 7.18. The van der Waals surface area contributed by atoms with Gasteiger partial charge in [0.15, 0.2) is 0 Å². The molecule has 0 saturated heterocycles. The van der Waals surface area contributed by atoms with E-state index in [9.17, 15) is 13.2 Å². The molecule has 1 aliphatic heterocycles. The van der Waals surface area contributed by atoms with Crippen LogP contribution in [0.5, 0.6) is 0 Å². The molecule has 15 heavy (non-hydrogen) atoms. The van der Waals surface area contributed by atoms with Crippen molar-refractivity contribution in [2.75, 3.05) is 5.75 Å². The SMILES string of the molecule is O=C1CS(=S(=O)=O)C(c2ccccc2)=N1. The van der Waals surface area contributed by atoms with Crippen LogP contribution in [0, 0.1) is 0 Å². The van der Waals surface area contributed by atoms with Crippen molar-refractivity contribution < 1.29 is 13.2 Å². The van der Waals surface area contributed by atoms with Crippen molar-refractivity contribution in [3.8, 4) is 0 Å². The highest BCUT2D eigenvalue weighted by Gasteiger charge is 2.22. The molecular weight excluding hydrogens is 234 g/mol. The van der Waals surface area contributed by atoms with Gasteiger partial charge in [-0.25, -0.2) is 4.99 Å². The van der Waals surface area contributed by atoms with Crippen molar-refractivity contribution in [2.24, 2.45) is 4.99 Å². The molecule has 4 nitrogen and oxygen atoms in total. The van der Waals surface area contributed by atoms with E-state index in [2.05, 4.69) is 4.99 Å². The van der Waals surface area contributed by atoms with Gasteiger partial charge in [0.2, 0.25) is 9.26 Å². The molecule has 2 rings (SSSR count). The summed E-state index contributed by atoms with van der Waals surface area (Å²) in [6.45, 7) is 0. The van der Waals surface area contributed by atoms with E-state index in [0.29, 0.717) is 10.6 Å². The highest BCUT2D eigenvalue weighted by molar-refractivity contribution is 8.42. The summed E-state index contributed by atoms with van der Waals surface area (Å²) in [6.07, 6.45) is 0. The number of aliphatic imine (C=N–C) groups is 1. The summed E-state index contributed by atoms with van der Waals surface area (Å²) >= 11 is 0. The molecule has 1 aromatic carbocycles. The second kappa shape index (κ2) is 4.08. The second-order valence-electron chi connectivity index (χ2n) is 2.87. The van der Waals surface area contributed by atoms with Crippen LogP contribution in [-0.4, -0.2) is 25.1 Å². The lowest BCUT2D eigenvalue weighted by molar-refractivity contribution is -0.115. The Kier molecular flexibility index (Phi) is 2.79. The van der Waals surface area contributed by atoms with Crippen LogP contribution in [0.4, 0.5) is 0 Å². The van der Waals surface area contributed by atoms with Crippen molar-refractivity contribution in [1.82, 2.24) is 0 Å². The van der Waals surface area contributed by atoms with E-state index < -0.39 is 18.7 Å². The molecule has 6 heteroatoms. The Morgan fingerprint density at radius 2 is 1.87 bits per heavy atom. The predicted octanol–water partition coefficient (Wildman–Crippen LogP) is 0.386. The first-order valence-corrected chi connectivity index (χ1v) is 7.14. The largest absolute Gasteiger partial charge is 0.272 e. The number of hydrogen-bond acceptors (Lipinski definition) is 3. The monoisotopic (exact) mass is 241 g/mol. The molecule has 1 atom stereocenters. The van der Waals surface area contributed by atoms with Gasteiger partial charge in [0.1, 0.15) is 5.04 Å². The van der Waals surface area contributed by atoms with Crippen molar-refractivity contribution in [3.63, 3.8) is 0 Å². The Labute approximate surface area is 89.8 Å². The van der Waals surface area contributed by atoms with E-state index in [0.717, 1.165) is 0 Å². The van der Waals surface area contributed by atoms with Crippen LogP contribution in [0.15, 0.2) is 35.3 Å². The Balaban J connectivity index is 2.59. The van der Waals surface area contributed by atoms with Crippen molar-refractivity contribution in [3.05, 3.63) is 35.9 Å². The van der Waals surface area contributed by atoms with Gasteiger partial charge in [0.25, 0.3) is 5.91 Å². The first kappa shape index (κ1) is 10.3. The summed E-state index contributed by atoms with van der Waals surface area (Å²) in [7, 11) is -3.35. The molecule has 0 aliphatic carbocycles. The quantitative estimate of drug-likeness (QED) is 0.714. The number of carbonyl (C=O) groups is 1. The Morgan fingerprint density at radius 3 is 2.47 bits per heavy atom. The number of rotatable bonds is 1. The summed E-state index contributed by atoms with van der Waals surface area (Å²) < 4.78 is 21.8. The molecular formula is C9H7NO3S2. The average Bonchev–Trinajstić information content (AvgIpc) is 2.62. The van der Waals surface area contributed by atoms with Crippen molar-refractivity contribution in [2.45, 2.75) is 0 Å². The van der Waals surface area contributed by atoms with Crippen molar-refractivity contribution >= 4 is 29.7 Å². The fraction of sp³-hybridized carbons (Fsp3) is 0.111. The van der Waals surface area contributed by atoms with E-state index in [1.54, 1.807) is 24.3 Å². The van der Waals surface area contributed by atoms with E-state index in [4.69, 9.17) is 0 Å². The zero-order valence-corrected chi connectivity index (χ0v) is 9.22. The third-order valence-corrected chi connectivity index (χ3v) is 5.29. The summed E-state index contributed by atoms with van der Waals surface area (Å²) in [4.78, 5) is 14.8. The molecule has 1 aromatic rings. The molecule has 1 amide bonds. The van der Waals surface area contributed by atoms with Gasteiger partial charge in [-0.15, -0.1) is 0 Å². The molecule has 0 bridgehead atoms. The maximum absolute atomic E-state index is 11.1. The lowest BCUT2D eigenvalue weighted by Crippen LogP contribution is -2.07. The van der Waals surface area contributed by atoms with Crippen LogP contribution >= 0.6 is 0 Å². The number of amides is 1. The fourth-order valence-corrected chi connectivity index (χ4v) is 3.90. The van der Waals surface area contributed by atoms with Gasteiger partial charge < -0.3 is 0 Å². The fourth-order valence-electron chi connectivity index (χ4n) is 1.27. The molecule has 0 aromatic heterocycles. The highest BCUT2D eigenvalue weighted by atomic mass is 32.9. The van der Waals surface area contributed by atoms with Gasteiger partial charge in [-0.1, -0.05) is 30.3 Å². The normalized spacial score (nSPS) is 20.1. The van der Waals surface area contributed by atoms with E-state index in [1.165, 1.54) is 0 Å². The molecule has 0 radical (unpaired) electrons. The molecule has 0 N–H and O–H groups in total. The van der Waals surface area contributed by atoms with Crippen LogP contribution < -0.4 is 0 Å². The number of nitrogens with zero attached hydrogens (tertiary/aromatic N) is 1. The van der Waals surface area contributed by atoms with Crippen LogP contribution in [0.2, 0.25) is 0 Å². The Morgan fingerprint density at radius 1 is 1.20 bits per heavy atom. The minimum absolute atomic E-state index is 0.0136. The summed E-state index contributed by atoms with van der Waals surface area (Å²) in [5.74, 6) is -0.373. The second-order valence-corrected chi connectivity index (χ2v) is 6.67. The third kappa shape index (κ3) is 2.05. The van der Waals surface area contributed by atoms with Crippen LogP contribution in [0.3, 0.4) is 0 Å². The molecule has 0 saturated carbocycles. The smallest absolute Gasteiger partial charge is 0.257 e. The molecule has 1 heterocycles. The van der Waals surface area contributed by atoms with Crippen LogP contribution in [0.25, 0.3) is 0 Å². The molecule has 0 spiro atoms. The van der Waals surface area contributed by atoms with Crippen molar-refractivity contribution in [1.29, 1.82) is 0 Å². The topological polar surface area (TPSA) is 63.6 Å². The zero-order chi connectivity index (χ0) is 10.8. The molecule has 1 unspecified atom stereocenters. The maximum atomic E-state index is 11.1. The van der Waals surface area contributed by atoms with Gasteiger partial charge in [0.05, 0.1) is 5.75 Å². The average molecular weight is 241 g/mol. The molecule has 78 valence electrons. The van der Waals surface area contributed by atoms with E-state index >= 15 is 0 Å². The number of carbonyl (C=O) groups excluding carboxylic acids is 1. The minimum Gasteiger partial charge on any atom is -0.272 e. The van der Waals surface area contributed by atoms with Crippen LogP contribution in [-0.2, 0) is 23.5 Å².